The fourth-order valence-electron chi connectivity index (χ4n) is 5.19. The highest BCUT2D eigenvalue weighted by molar-refractivity contribution is 8.00. The second-order valence-corrected chi connectivity index (χ2v) is 12.2. The van der Waals surface area contributed by atoms with E-state index in [-0.39, 0.29) is 30.2 Å². The number of halogens is 4. The number of aromatic nitrogens is 3. The molecule has 3 aliphatic rings. The van der Waals surface area contributed by atoms with Crippen LogP contribution in [0.25, 0.3) is 11.3 Å². The largest absolute Gasteiger partial charge is 0.392 e. The molecule has 1 amide bonds. The minimum Gasteiger partial charge on any atom is -0.392 e. The molecular weight excluding hydrogens is 589 g/mol. The van der Waals surface area contributed by atoms with Gasteiger partial charge >= 0.3 is 0 Å². The van der Waals surface area contributed by atoms with Crippen LogP contribution in [0.3, 0.4) is 0 Å². The van der Waals surface area contributed by atoms with Gasteiger partial charge in [0.25, 0.3) is 5.91 Å². The molecule has 0 spiro atoms. The summed E-state index contributed by atoms with van der Waals surface area (Å²) >= 11 is 13.1. The molecule has 0 radical (unpaired) electrons. The van der Waals surface area contributed by atoms with Gasteiger partial charge in [0, 0.05) is 35.0 Å². The smallest absolute Gasteiger partial charge is 0.254 e. The van der Waals surface area contributed by atoms with Crippen LogP contribution in [-0.4, -0.2) is 85.6 Å². The van der Waals surface area contributed by atoms with Gasteiger partial charge in [-0.25, -0.2) is 13.5 Å². The molecule has 3 fully saturated rings. The molecule has 0 saturated carbocycles. The summed E-state index contributed by atoms with van der Waals surface area (Å²) in [5.74, 6) is -2.00. The van der Waals surface area contributed by atoms with Crippen molar-refractivity contribution in [2.24, 2.45) is 0 Å². The summed E-state index contributed by atoms with van der Waals surface area (Å²) in [5.41, 5.74) is 0.760. The summed E-state index contributed by atoms with van der Waals surface area (Å²) in [6, 6.07) is 6.48. The zero-order chi connectivity index (χ0) is 28.2. The highest BCUT2D eigenvalue weighted by Crippen LogP contribution is 2.50. The zero-order valence-electron chi connectivity index (χ0n) is 20.8. The van der Waals surface area contributed by atoms with Gasteiger partial charge in [0.05, 0.1) is 31.0 Å². The Hall–Kier alpha value is -2.32. The number of benzene rings is 2. The van der Waals surface area contributed by atoms with Crippen LogP contribution in [-0.2, 0) is 9.47 Å². The molecule has 40 heavy (non-hydrogen) atoms. The van der Waals surface area contributed by atoms with E-state index < -0.39 is 52.6 Å². The van der Waals surface area contributed by atoms with E-state index in [0.29, 0.717) is 28.6 Å². The van der Waals surface area contributed by atoms with Crippen LogP contribution in [0.1, 0.15) is 29.2 Å². The zero-order valence-corrected chi connectivity index (χ0v) is 23.2. The van der Waals surface area contributed by atoms with Gasteiger partial charge in [-0.15, -0.1) is 5.10 Å². The Morgan fingerprint density at radius 2 is 1.93 bits per heavy atom. The topological polar surface area (TPSA) is 110 Å². The van der Waals surface area contributed by atoms with Gasteiger partial charge in [-0.1, -0.05) is 40.2 Å². The van der Waals surface area contributed by atoms with Crippen molar-refractivity contribution < 1.29 is 33.3 Å². The predicted octanol–water partition coefficient (Wildman–Crippen LogP) is 3.95. The fourth-order valence-corrected chi connectivity index (χ4v) is 6.87. The van der Waals surface area contributed by atoms with Crippen molar-refractivity contribution in [3.05, 3.63) is 63.8 Å². The van der Waals surface area contributed by atoms with E-state index in [1.807, 2.05) is 0 Å². The predicted molar refractivity (Wildman–Crippen MR) is 142 cm³/mol. The first kappa shape index (κ1) is 27.8. The van der Waals surface area contributed by atoms with Crippen molar-refractivity contribution in [2.75, 3.05) is 26.3 Å². The number of fused-ring (bicyclic) bond motifs is 1. The molecule has 0 aliphatic carbocycles. The van der Waals surface area contributed by atoms with Gasteiger partial charge in [-0.05, 0) is 36.8 Å². The minimum atomic E-state index is -1.32. The number of nitrogens with zero attached hydrogens (tertiary/aromatic N) is 4. The number of carbonyl (C=O) groups excluding carboxylic acids is 1. The summed E-state index contributed by atoms with van der Waals surface area (Å²) in [6.45, 7) is 0.864. The Morgan fingerprint density at radius 1 is 1.18 bits per heavy atom. The maximum atomic E-state index is 14.1. The Morgan fingerprint density at radius 3 is 2.60 bits per heavy atom. The molecular formula is C26H24Cl2F2N4O5S. The van der Waals surface area contributed by atoms with E-state index in [2.05, 4.69) is 10.3 Å². The number of thioether (sulfide) groups is 1. The molecule has 3 aliphatic heterocycles. The van der Waals surface area contributed by atoms with E-state index in [1.54, 1.807) is 23.1 Å². The molecule has 4 heterocycles. The molecule has 5 atom stereocenters. The van der Waals surface area contributed by atoms with Crippen LogP contribution < -0.4 is 0 Å². The Balaban J connectivity index is 1.35. The molecule has 2 aromatic carbocycles. The van der Waals surface area contributed by atoms with Gasteiger partial charge in [0.15, 0.2) is 0 Å². The molecule has 2 N–H and O–H groups in total. The summed E-state index contributed by atoms with van der Waals surface area (Å²) in [4.78, 5) is 14.1. The first-order chi connectivity index (χ1) is 19.2. The van der Waals surface area contributed by atoms with Crippen LogP contribution in [0.2, 0.25) is 10.0 Å². The number of ether oxygens (including phenoxy) is 2. The van der Waals surface area contributed by atoms with Crippen LogP contribution in [0.4, 0.5) is 8.78 Å². The second kappa shape index (κ2) is 10.8. The van der Waals surface area contributed by atoms with E-state index >= 15 is 0 Å². The Kier molecular flexibility index (Phi) is 7.53. The van der Waals surface area contributed by atoms with Crippen molar-refractivity contribution >= 4 is 40.9 Å². The van der Waals surface area contributed by atoms with E-state index in [1.165, 1.54) is 10.9 Å². The third-order valence-corrected chi connectivity index (χ3v) is 9.31. The highest BCUT2D eigenvalue weighted by Gasteiger charge is 2.55. The summed E-state index contributed by atoms with van der Waals surface area (Å²) in [5, 5.41) is 29.4. The van der Waals surface area contributed by atoms with Crippen LogP contribution in [0, 0.1) is 11.6 Å². The molecule has 0 bridgehead atoms. The molecule has 212 valence electrons. The van der Waals surface area contributed by atoms with Crippen LogP contribution in [0.5, 0.6) is 0 Å². The number of likely N-dealkylation sites (tertiary alicyclic amines) is 1. The quantitative estimate of drug-likeness (QED) is 0.403. The van der Waals surface area contributed by atoms with Crippen molar-refractivity contribution in [3.8, 4) is 11.3 Å². The van der Waals surface area contributed by atoms with Gasteiger partial charge in [0.1, 0.15) is 45.6 Å². The normalized spacial score (nSPS) is 27.9. The molecule has 3 aromatic rings. The van der Waals surface area contributed by atoms with Crippen molar-refractivity contribution in [2.45, 2.75) is 47.0 Å². The number of carbonyl (C=O) groups is 1. The number of rotatable bonds is 6. The number of hydrogen-bond acceptors (Lipinski definition) is 8. The van der Waals surface area contributed by atoms with Crippen molar-refractivity contribution in [1.82, 2.24) is 19.9 Å². The monoisotopic (exact) mass is 612 g/mol. The molecule has 4 unspecified atom stereocenters. The SMILES string of the molecule is O=C(c1ccc(Cl)cc1SC1(CO)CC(n2cc(-c3cc(F)c(Cl)c(F)c3)nn2)[C@H]2OCC(O)C2O1)N1CCC1. The van der Waals surface area contributed by atoms with E-state index in [4.69, 9.17) is 32.7 Å². The van der Waals surface area contributed by atoms with Crippen LogP contribution >= 0.6 is 35.0 Å². The Bertz CT molecular complexity index is 1440. The summed E-state index contributed by atoms with van der Waals surface area (Å²) in [6.07, 6.45) is 0.119. The highest BCUT2D eigenvalue weighted by atomic mass is 35.5. The first-order valence-corrected chi connectivity index (χ1v) is 14.2. The summed E-state index contributed by atoms with van der Waals surface area (Å²) < 4.78 is 41.8. The number of hydrogen-bond donors (Lipinski definition) is 2. The molecule has 9 nitrogen and oxygen atoms in total. The van der Waals surface area contributed by atoms with Crippen LogP contribution in [0.15, 0.2) is 41.4 Å². The maximum Gasteiger partial charge on any atom is 0.254 e. The van der Waals surface area contributed by atoms with E-state index in [0.717, 1.165) is 30.3 Å². The van der Waals surface area contributed by atoms with Gasteiger partial charge < -0.3 is 24.6 Å². The molecule has 3 saturated heterocycles. The van der Waals surface area contributed by atoms with Gasteiger partial charge in [-0.3, -0.25) is 4.79 Å². The van der Waals surface area contributed by atoms with E-state index in [9.17, 15) is 23.8 Å². The maximum absolute atomic E-state index is 14.1. The molecule has 1 aromatic heterocycles. The van der Waals surface area contributed by atoms with Crippen molar-refractivity contribution in [3.63, 3.8) is 0 Å². The lowest BCUT2D eigenvalue weighted by atomic mass is 9.94. The third-order valence-electron chi connectivity index (χ3n) is 7.40. The lowest BCUT2D eigenvalue weighted by Gasteiger charge is -2.45. The first-order valence-electron chi connectivity index (χ1n) is 12.6. The number of amides is 1. The number of aliphatic hydroxyl groups excluding tert-OH is 2. The average molecular weight is 613 g/mol. The second-order valence-electron chi connectivity index (χ2n) is 10.0. The minimum absolute atomic E-state index is 0.00301. The molecule has 14 heteroatoms. The Labute approximate surface area is 242 Å². The molecule has 6 rings (SSSR count). The number of aliphatic hydroxyl groups is 2. The average Bonchev–Trinajstić information content (AvgIpc) is 3.53. The third kappa shape index (κ3) is 5.00. The van der Waals surface area contributed by atoms with Gasteiger partial charge in [0.2, 0.25) is 0 Å². The summed E-state index contributed by atoms with van der Waals surface area (Å²) in [7, 11) is 0. The standard InChI is InChI=1S/C26H24Cl2F2N4O5S/c27-14-2-3-15(25(37)33-4-1-5-33)21(8-14)40-26(12-35)9-19(23-24(39-26)20(36)11-38-23)34-10-18(31-32-34)13-6-16(29)22(28)17(30)7-13/h2-3,6-8,10,19-20,23-24,35-36H,1,4-5,9,11-12H2/t19?,20?,23-,24?,26?/m1/s1. The fraction of sp³-hybridized carbons (Fsp3) is 0.423. The van der Waals surface area contributed by atoms with Crippen molar-refractivity contribution in [1.29, 1.82) is 0 Å². The lowest BCUT2D eigenvalue weighted by Crippen LogP contribution is -2.54. The van der Waals surface area contributed by atoms with Gasteiger partial charge in [-0.2, -0.15) is 0 Å². The lowest BCUT2D eigenvalue weighted by molar-refractivity contribution is -0.163.